The van der Waals surface area contributed by atoms with E-state index in [4.69, 9.17) is 4.74 Å². The molecule has 0 N–H and O–H groups in total. The Kier molecular flexibility index (Phi) is 3.34. The van der Waals surface area contributed by atoms with Crippen LogP contribution in [0.15, 0.2) is 91.0 Å². The fourth-order valence-corrected chi connectivity index (χ4v) is 3.94. The maximum atomic E-state index is 13.1. The first kappa shape index (κ1) is 15.7. The highest BCUT2D eigenvalue weighted by molar-refractivity contribution is 6.11. The van der Waals surface area contributed by atoms with E-state index in [0.29, 0.717) is 0 Å². The molecule has 5 rings (SSSR count). The molecule has 132 valence electrons. The zero-order valence-electron chi connectivity index (χ0n) is 14.9. The number of methoxy groups -OCH3 is 1. The van der Waals surface area contributed by atoms with E-state index >= 15 is 0 Å². The van der Waals surface area contributed by atoms with E-state index in [1.807, 2.05) is 82.6 Å². The second-order valence-corrected chi connectivity index (χ2v) is 6.64. The van der Waals surface area contributed by atoms with Gasteiger partial charge in [-0.25, -0.2) is 4.79 Å². The molecule has 0 saturated carbocycles. The van der Waals surface area contributed by atoms with Gasteiger partial charge in [0.15, 0.2) is 5.66 Å². The maximum absolute atomic E-state index is 13.1. The molecular formula is C23H18N2O2. The summed E-state index contributed by atoms with van der Waals surface area (Å²) in [6.45, 7) is 0. The lowest BCUT2D eigenvalue weighted by Crippen LogP contribution is -2.78. The van der Waals surface area contributed by atoms with Gasteiger partial charge < -0.3 is 4.74 Å². The first-order valence-corrected chi connectivity index (χ1v) is 8.88. The zero-order chi connectivity index (χ0) is 18.4. The topological polar surface area (TPSA) is 32.8 Å². The number of ether oxygens (including phenoxy) is 1. The van der Waals surface area contributed by atoms with E-state index in [2.05, 4.69) is 18.2 Å². The summed E-state index contributed by atoms with van der Waals surface area (Å²) in [6.07, 6.45) is 2.17. The first-order valence-electron chi connectivity index (χ1n) is 8.88. The van der Waals surface area contributed by atoms with Crippen LogP contribution in [0.3, 0.4) is 0 Å². The number of fused-ring (bicyclic) bond motifs is 1. The van der Waals surface area contributed by atoms with Gasteiger partial charge >= 0.3 is 6.03 Å². The Morgan fingerprint density at radius 2 is 1.41 bits per heavy atom. The largest absolute Gasteiger partial charge is 0.497 e. The second-order valence-electron chi connectivity index (χ2n) is 6.64. The second kappa shape index (κ2) is 5.74. The predicted octanol–water partition coefficient (Wildman–Crippen LogP) is 4.84. The molecule has 0 spiro atoms. The maximum Gasteiger partial charge on any atom is 0.333 e. The van der Waals surface area contributed by atoms with Gasteiger partial charge in [0.05, 0.1) is 12.8 Å². The van der Waals surface area contributed by atoms with Gasteiger partial charge in [-0.3, -0.25) is 9.80 Å². The number of carbonyl (C=O) groups is 1. The lowest BCUT2D eigenvalue weighted by molar-refractivity contribution is 0.112. The van der Waals surface area contributed by atoms with Crippen molar-refractivity contribution in [3.63, 3.8) is 0 Å². The smallest absolute Gasteiger partial charge is 0.333 e. The summed E-state index contributed by atoms with van der Waals surface area (Å²) in [4.78, 5) is 16.8. The molecule has 1 saturated heterocycles. The molecule has 3 aromatic carbocycles. The van der Waals surface area contributed by atoms with Gasteiger partial charge in [0.1, 0.15) is 5.75 Å². The molecule has 2 aliphatic rings. The Morgan fingerprint density at radius 1 is 0.778 bits per heavy atom. The fraction of sp³-hybridized carbons (Fsp3) is 0.0870. The van der Waals surface area contributed by atoms with Crippen LogP contribution < -0.4 is 9.64 Å². The van der Waals surface area contributed by atoms with Crippen molar-refractivity contribution in [3.8, 4) is 5.75 Å². The SMILES string of the molecule is COc1ccc(N2C(=O)N3C(c4ccccc4)=CC32c2ccccc2)cc1. The number of rotatable bonds is 4. The summed E-state index contributed by atoms with van der Waals surface area (Å²) in [5.41, 5.74) is 3.35. The van der Waals surface area contributed by atoms with Crippen molar-refractivity contribution < 1.29 is 9.53 Å². The fourth-order valence-electron chi connectivity index (χ4n) is 3.94. The van der Waals surface area contributed by atoms with E-state index in [1.54, 1.807) is 7.11 Å². The molecule has 0 bridgehead atoms. The van der Waals surface area contributed by atoms with Crippen molar-refractivity contribution in [2.45, 2.75) is 5.66 Å². The van der Waals surface area contributed by atoms with E-state index in [0.717, 1.165) is 28.3 Å². The minimum Gasteiger partial charge on any atom is -0.497 e. The summed E-state index contributed by atoms with van der Waals surface area (Å²) in [5.74, 6) is 0.770. The minimum absolute atomic E-state index is 0.0228. The van der Waals surface area contributed by atoms with Crippen molar-refractivity contribution >= 4 is 17.4 Å². The first-order chi connectivity index (χ1) is 13.3. The third-order valence-corrected chi connectivity index (χ3v) is 5.24. The standard InChI is InChI=1S/C23H18N2O2/c1-27-20-14-12-19(13-15-20)24-22(26)25-21(17-8-4-2-5-9-17)16-23(24,25)18-10-6-3-7-11-18/h2-16H,1H3. The van der Waals surface area contributed by atoms with Gasteiger partial charge in [-0.2, -0.15) is 0 Å². The van der Waals surface area contributed by atoms with Gasteiger partial charge in [-0.05, 0) is 35.9 Å². The molecule has 4 heteroatoms. The van der Waals surface area contributed by atoms with Crippen molar-refractivity contribution in [2.75, 3.05) is 12.0 Å². The number of hydrogen-bond acceptors (Lipinski definition) is 2. The minimum atomic E-state index is -0.571. The molecule has 4 nitrogen and oxygen atoms in total. The molecule has 3 aromatic rings. The van der Waals surface area contributed by atoms with E-state index in [1.165, 1.54) is 0 Å². The predicted molar refractivity (Wildman–Crippen MR) is 105 cm³/mol. The van der Waals surface area contributed by atoms with Crippen molar-refractivity contribution in [1.82, 2.24) is 4.90 Å². The highest BCUT2D eigenvalue weighted by atomic mass is 16.5. The van der Waals surface area contributed by atoms with Crippen LogP contribution in [0.25, 0.3) is 5.70 Å². The highest BCUT2D eigenvalue weighted by Gasteiger charge is 2.65. The Morgan fingerprint density at radius 3 is 2.04 bits per heavy atom. The average molecular weight is 354 g/mol. The molecule has 1 unspecified atom stereocenters. The molecule has 1 fully saturated rings. The molecule has 2 heterocycles. The van der Waals surface area contributed by atoms with Crippen LogP contribution in [0, 0.1) is 0 Å². The molecule has 1 atom stereocenters. The number of urea groups is 1. The van der Waals surface area contributed by atoms with Gasteiger partial charge in [0, 0.05) is 11.3 Å². The van der Waals surface area contributed by atoms with Gasteiger partial charge in [-0.15, -0.1) is 0 Å². The molecule has 27 heavy (non-hydrogen) atoms. The van der Waals surface area contributed by atoms with E-state index < -0.39 is 5.66 Å². The lowest BCUT2D eigenvalue weighted by Gasteiger charge is -2.65. The number of anilines is 1. The molecule has 0 aromatic heterocycles. The van der Waals surface area contributed by atoms with Crippen LogP contribution in [0.2, 0.25) is 0 Å². The van der Waals surface area contributed by atoms with Crippen LogP contribution in [-0.4, -0.2) is 18.0 Å². The lowest BCUT2D eigenvalue weighted by atomic mass is 9.80. The van der Waals surface area contributed by atoms with Crippen LogP contribution in [0.1, 0.15) is 11.1 Å². The summed E-state index contributed by atoms with van der Waals surface area (Å²) in [7, 11) is 1.64. The monoisotopic (exact) mass is 354 g/mol. The molecule has 0 radical (unpaired) electrons. The summed E-state index contributed by atoms with van der Waals surface area (Å²) in [6, 6.07) is 27.7. The Bertz CT molecular complexity index is 1030. The van der Waals surface area contributed by atoms with E-state index in [9.17, 15) is 4.79 Å². The highest BCUT2D eigenvalue weighted by Crippen LogP contribution is 2.57. The Labute approximate surface area is 157 Å². The number of nitrogens with zero attached hydrogens (tertiary/aromatic N) is 2. The van der Waals surface area contributed by atoms with Crippen LogP contribution in [0.4, 0.5) is 10.5 Å². The molecular weight excluding hydrogens is 336 g/mol. The van der Waals surface area contributed by atoms with Gasteiger partial charge in [-0.1, -0.05) is 60.7 Å². The average Bonchev–Trinajstić information content (AvgIpc) is 2.72. The molecule has 2 amide bonds. The van der Waals surface area contributed by atoms with Gasteiger partial charge in [0.25, 0.3) is 0 Å². The van der Waals surface area contributed by atoms with Crippen molar-refractivity contribution in [2.24, 2.45) is 0 Å². The van der Waals surface area contributed by atoms with Crippen LogP contribution >= 0.6 is 0 Å². The van der Waals surface area contributed by atoms with Crippen molar-refractivity contribution in [3.05, 3.63) is 102 Å². The molecule has 2 aliphatic heterocycles. The normalized spacial score (nSPS) is 20.3. The zero-order valence-corrected chi connectivity index (χ0v) is 14.9. The Balaban J connectivity index is 1.63. The summed E-state index contributed by atoms with van der Waals surface area (Å²) < 4.78 is 5.25. The van der Waals surface area contributed by atoms with Crippen LogP contribution in [-0.2, 0) is 5.66 Å². The third kappa shape index (κ3) is 2.07. The van der Waals surface area contributed by atoms with Gasteiger partial charge in [0.2, 0.25) is 0 Å². The Hall–Kier alpha value is -3.53. The molecule has 0 aliphatic carbocycles. The van der Waals surface area contributed by atoms with E-state index in [-0.39, 0.29) is 6.03 Å². The number of amides is 2. The van der Waals surface area contributed by atoms with Crippen LogP contribution in [0.5, 0.6) is 5.75 Å². The summed E-state index contributed by atoms with van der Waals surface area (Å²) in [5, 5.41) is 0. The van der Waals surface area contributed by atoms with Crippen molar-refractivity contribution in [1.29, 1.82) is 0 Å². The summed E-state index contributed by atoms with van der Waals surface area (Å²) >= 11 is 0. The quantitative estimate of drug-likeness (QED) is 0.671. The number of carbonyl (C=O) groups excluding carboxylic acids is 1. The number of hydrogen-bond donors (Lipinski definition) is 0. The number of benzene rings is 3. The third-order valence-electron chi connectivity index (χ3n) is 5.24.